The zero-order valence-electron chi connectivity index (χ0n) is 19.6. The second kappa shape index (κ2) is 9.02. The Hall–Kier alpha value is -2.12. The fourth-order valence-corrected chi connectivity index (χ4v) is 6.10. The lowest BCUT2D eigenvalue weighted by Crippen LogP contribution is -2.58. The number of aromatic nitrogens is 1. The van der Waals surface area contributed by atoms with Gasteiger partial charge in [-0.05, 0) is 57.4 Å². The first kappa shape index (κ1) is 21.7. The number of piperazine rings is 1. The summed E-state index contributed by atoms with van der Waals surface area (Å²) in [6, 6.07) is 4.98. The van der Waals surface area contributed by atoms with Crippen molar-refractivity contribution in [3.63, 3.8) is 0 Å². The maximum absolute atomic E-state index is 12.0. The molecule has 1 aromatic heterocycles. The third-order valence-electron chi connectivity index (χ3n) is 7.93. The van der Waals surface area contributed by atoms with Crippen molar-refractivity contribution in [2.24, 2.45) is 5.41 Å². The van der Waals surface area contributed by atoms with E-state index in [9.17, 15) is 4.79 Å². The number of likely N-dealkylation sites (N-methyl/N-ethyl adjacent to an activating group) is 1. The Morgan fingerprint density at radius 3 is 2.75 bits per heavy atom. The second-order valence-electron chi connectivity index (χ2n) is 10.1. The minimum Gasteiger partial charge on any atom is -0.450 e. The quantitative estimate of drug-likeness (QED) is 0.719. The van der Waals surface area contributed by atoms with Gasteiger partial charge in [0.2, 0.25) is 0 Å². The zero-order chi connectivity index (χ0) is 22.1. The molecule has 4 heterocycles. The highest BCUT2D eigenvalue weighted by molar-refractivity contribution is 5.75. The summed E-state index contributed by atoms with van der Waals surface area (Å²) in [6.07, 6.45) is 8.98. The van der Waals surface area contributed by atoms with Crippen LogP contribution in [0.3, 0.4) is 0 Å². The first-order valence-corrected chi connectivity index (χ1v) is 12.3. The molecule has 3 aliphatic heterocycles. The summed E-state index contributed by atoms with van der Waals surface area (Å²) >= 11 is 0. The van der Waals surface area contributed by atoms with Gasteiger partial charge < -0.3 is 19.4 Å². The van der Waals surface area contributed by atoms with Gasteiger partial charge in [0.15, 0.2) is 0 Å². The van der Waals surface area contributed by atoms with Crippen LogP contribution in [0.2, 0.25) is 0 Å². The highest BCUT2D eigenvalue weighted by Crippen LogP contribution is 2.47. The van der Waals surface area contributed by atoms with Crippen LogP contribution in [0, 0.1) is 5.41 Å². The minimum absolute atomic E-state index is 0.138. The molecular weight excluding hydrogens is 402 g/mol. The van der Waals surface area contributed by atoms with Crippen molar-refractivity contribution >= 4 is 17.5 Å². The first-order chi connectivity index (χ1) is 15.6. The Morgan fingerprint density at radius 1 is 1.22 bits per heavy atom. The average molecular weight is 440 g/mol. The van der Waals surface area contributed by atoms with Crippen LogP contribution in [-0.4, -0.2) is 97.8 Å². The lowest BCUT2D eigenvalue weighted by molar-refractivity contribution is -0.00294. The van der Waals surface area contributed by atoms with Crippen LogP contribution in [0.25, 0.3) is 5.57 Å². The molecular formula is C25H37N5O2. The fourth-order valence-electron chi connectivity index (χ4n) is 6.10. The van der Waals surface area contributed by atoms with E-state index in [1.807, 2.05) is 18.0 Å². The van der Waals surface area contributed by atoms with Crippen LogP contribution in [-0.2, 0) is 4.74 Å². The number of nitrogens with zero attached hydrogens (tertiary/aromatic N) is 5. The van der Waals surface area contributed by atoms with E-state index in [1.54, 1.807) is 0 Å². The van der Waals surface area contributed by atoms with Crippen molar-refractivity contribution < 1.29 is 9.53 Å². The maximum atomic E-state index is 12.0. The van der Waals surface area contributed by atoms with Gasteiger partial charge in [0.25, 0.3) is 0 Å². The molecule has 3 fully saturated rings. The van der Waals surface area contributed by atoms with Crippen LogP contribution in [0.5, 0.6) is 0 Å². The smallest absolute Gasteiger partial charge is 0.409 e. The number of likely N-dealkylation sites (tertiary alicyclic amines) is 1. The molecule has 0 aromatic carbocycles. The Balaban J connectivity index is 1.16. The van der Waals surface area contributed by atoms with Crippen molar-refractivity contribution in [1.82, 2.24) is 19.7 Å². The second-order valence-corrected chi connectivity index (χ2v) is 10.1. The number of rotatable bonds is 4. The van der Waals surface area contributed by atoms with Crippen LogP contribution in [0.4, 0.5) is 10.6 Å². The molecule has 174 valence electrons. The van der Waals surface area contributed by atoms with Gasteiger partial charge in [0.1, 0.15) is 5.82 Å². The standard InChI is InChI=1S/C25H37N5O2/c1-3-32-24(31)30-18-25(19-30)9-6-21(17-25)28-13-15-29(16-14-28)23-22(5-4-10-26-23)20-7-11-27(2)12-8-20/h4-5,7,10,21H,3,6,8-9,11-19H2,1-2H3/t21-/m1/s1. The van der Waals surface area contributed by atoms with Gasteiger partial charge in [0.05, 0.1) is 6.61 Å². The molecule has 1 amide bonds. The molecule has 0 N–H and O–H groups in total. The Kier molecular flexibility index (Phi) is 6.12. The lowest BCUT2D eigenvalue weighted by Gasteiger charge is -2.48. The van der Waals surface area contributed by atoms with E-state index in [0.717, 1.165) is 64.6 Å². The van der Waals surface area contributed by atoms with Gasteiger partial charge in [-0.3, -0.25) is 4.90 Å². The first-order valence-electron chi connectivity index (χ1n) is 12.3. The fraction of sp³-hybridized carbons (Fsp3) is 0.680. The van der Waals surface area contributed by atoms with E-state index in [2.05, 4.69) is 40.0 Å². The lowest BCUT2D eigenvalue weighted by atomic mass is 9.78. The van der Waals surface area contributed by atoms with Crippen LogP contribution < -0.4 is 4.90 Å². The molecule has 0 unspecified atom stereocenters. The van der Waals surface area contributed by atoms with Crippen LogP contribution >= 0.6 is 0 Å². The molecule has 1 aliphatic carbocycles. The molecule has 4 aliphatic rings. The molecule has 32 heavy (non-hydrogen) atoms. The normalized spacial score (nSPS) is 26.2. The largest absolute Gasteiger partial charge is 0.450 e. The summed E-state index contributed by atoms with van der Waals surface area (Å²) in [5, 5.41) is 0. The Labute approximate surface area is 192 Å². The van der Waals surface area contributed by atoms with E-state index in [0.29, 0.717) is 18.1 Å². The highest BCUT2D eigenvalue weighted by Gasteiger charge is 2.51. The van der Waals surface area contributed by atoms with E-state index in [1.165, 1.54) is 30.4 Å². The summed E-state index contributed by atoms with van der Waals surface area (Å²) in [7, 11) is 2.18. The number of hydrogen-bond acceptors (Lipinski definition) is 6. The molecule has 0 bridgehead atoms. The number of anilines is 1. The van der Waals surface area contributed by atoms with E-state index in [-0.39, 0.29) is 6.09 Å². The summed E-state index contributed by atoms with van der Waals surface area (Å²) in [5.41, 5.74) is 3.11. The van der Waals surface area contributed by atoms with Gasteiger partial charge in [-0.25, -0.2) is 9.78 Å². The maximum Gasteiger partial charge on any atom is 0.409 e. The molecule has 2 saturated heterocycles. The van der Waals surface area contributed by atoms with Crippen molar-refractivity contribution in [3.8, 4) is 0 Å². The number of carbonyl (C=O) groups is 1. The van der Waals surface area contributed by atoms with Gasteiger partial charge in [-0.15, -0.1) is 0 Å². The van der Waals surface area contributed by atoms with E-state index >= 15 is 0 Å². The molecule has 7 heteroatoms. The minimum atomic E-state index is -0.138. The molecule has 5 rings (SSSR count). The average Bonchev–Trinajstić information content (AvgIpc) is 3.25. The van der Waals surface area contributed by atoms with E-state index in [4.69, 9.17) is 9.72 Å². The topological polar surface area (TPSA) is 52.2 Å². The molecule has 0 radical (unpaired) electrons. The van der Waals surface area contributed by atoms with Crippen molar-refractivity contribution in [1.29, 1.82) is 0 Å². The van der Waals surface area contributed by atoms with Gasteiger partial charge in [0, 0.05) is 75.6 Å². The van der Waals surface area contributed by atoms with Gasteiger partial charge in [-0.1, -0.05) is 6.08 Å². The number of hydrogen-bond donors (Lipinski definition) is 0. The van der Waals surface area contributed by atoms with Crippen LogP contribution in [0.1, 0.15) is 38.2 Å². The summed E-state index contributed by atoms with van der Waals surface area (Å²) in [5.74, 6) is 1.16. The monoisotopic (exact) mass is 439 g/mol. The predicted octanol–water partition coefficient (Wildman–Crippen LogP) is 2.93. The number of amides is 1. The van der Waals surface area contributed by atoms with Gasteiger partial charge >= 0.3 is 6.09 Å². The van der Waals surface area contributed by atoms with E-state index < -0.39 is 0 Å². The molecule has 7 nitrogen and oxygen atoms in total. The molecule has 1 saturated carbocycles. The summed E-state index contributed by atoms with van der Waals surface area (Å²) in [6.45, 7) is 10.5. The number of carbonyl (C=O) groups excluding carboxylic acids is 1. The summed E-state index contributed by atoms with van der Waals surface area (Å²) < 4.78 is 5.16. The summed E-state index contributed by atoms with van der Waals surface area (Å²) in [4.78, 5) is 26.2. The molecule has 1 spiro atoms. The SMILES string of the molecule is CCOC(=O)N1CC2(CC[C@@H](N3CCN(c4ncccc4C4=CCN(C)CC4)CC3)C2)C1. The third kappa shape index (κ3) is 4.25. The van der Waals surface area contributed by atoms with Crippen molar-refractivity contribution in [3.05, 3.63) is 30.0 Å². The highest BCUT2D eigenvalue weighted by atomic mass is 16.6. The Morgan fingerprint density at radius 2 is 2.03 bits per heavy atom. The van der Waals surface area contributed by atoms with Crippen LogP contribution in [0.15, 0.2) is 24.4 Å². The number of pyridine rings is 1. The number of ether oxygens (including phenoxy) is 1. The Bertz CT molecular complexity index is 858. The molecule has 1 aromatic rings. The zero-order valence-corrected chi connectivity index (χ0v) is 19.6. The third-order valence-corrected chi connectivity index (χ3v) is 7.93. The predicted molar refractivity (Wildman–Crippen MR) is 127 cm³/mol. The molecule has 1 atom stereocenters. The van der Waals surface area contributed by atoms with Crippen molar-refractivity contribution in [2.75, 3.05) is 70.9 Å². The van der Waals surface area contributed by atoms with Crippen molar-refractivity contribution in [2.45, 2.75) is 38.6 Å². The van der Waals surface area contributed by atoms with Gasteiger partial charge in [-0.2, -0.15) is 0 Å².